The molecule has 1 N–H and O–H groups in total. The Hall–Kier alpha value is -1.28. The molecule has 0 bridgehead atoms. The third-order valence-electron chi connectivity index (χ3n) is 4.15. The van der Waals surface area contributed by atoms with Crippen molar-refractivity contribution in [2.45, 2.75) is 45.1 Å². The number of rotatable bonds is 4. The summed E-state index contributed by atoms with van der Waals surface area (Å²) in [5.41, 5.74) is 4.35. The van der Waals surface area contributed by atoms with Crippen LogP contribution in [-0.2, 0) is 6.42 Å². The van der Waals surface area contributed by atoms with Crippen molar-refractivity contribution in [2.75, 3.05) is 13.2 Å². The van der Waals surface area contributed by atoms with E-state index in [1.165, 1.54) is 36.8 Å². The molecule has 2 aliphatic rings. The van der Waals surface area contributed by atoms with E-state index in [0.717, 1.165) is 25.3 Å². The van der Waals surface area contributed by atoms with Crippen LogP contribution >= 0.6 is 0 Å². The highest BCUT2D eigenvalue weighted by Crippen LogP contribution is 2.33. The summed E-state index contributed by atoms with van der Waals surface area (Å²) in [6, 6.07) is 7.11. The van der Waals surface area contributed by atoms with Gasteiger partial charge in [-0.3, -0.25) is 0 Å². The number of likely N-dealkylation sites (N-methyl/N-ethyl adjacent to an activating group) is 1. The van der Waals surface area contributed by atoms with Gasteiger partial charge in [0.2, 0.25) is 0 Å². The van der Waals surface area contributed by atoms with Crippen LogP contribution in [0, 0.1) is 0 Å². The van der Waals surface area contributed by atoms with Crippen LogP contribution in [0.4, 0.5) is 0 Å². The third-order valence-corrected chi connectivity index (χ3v) is 4.15. The second kappa shape index (κ2) is 5.79. The van der Waals surface area contributed by atoms with Gasteiger partial charge in [-0.1, -0.05) is 30.7 Å². The maximum Gasteiger partial charge on any atom is 0.122 e. The van der Waals surface area contributed by atoms with E-state index in [9.17, 15) is 0 Å². The summed E-state index contributed by atoms with van der Waals surface area (Å²) in [5, 5.41) is 3.65. The van der Waals surface area contributed by atoms with E-state index in [0.29, 0.717) is 6.04 Å². The highest BCUT2D eigenvalue weighted by molar-refractivity contribution is 5.42. The van der Waals surface area contributed by atoms with Crippen LogP contribution < -0.4 is 10.1 Å². The lowest BCUT2D eigenvalue weighted by molar-refractivity contribution is 0.356. The number of hydrogen-bond acceptors (Lipinski definition) is 2. The molecule has 102 valence electrons. The lowest BCUT2D eigenvalue weighted by atomic mass is 9.89. The molecule has 0 spiro atoms. The normalized spacial score (nSPS) is 19.5. The van der Waals surface area contributed by atoms with Crippen molar-refractivity contribution >= 4 is 0 Å². The molecule has 1 aromatic rings. The zero-order chi connectivity index (χ0) is 13.1. The van der Waals surface area contributed by atoms with Gasteiger partial charge in [-0.15, -0.1) is 0 Å². The van der Waals surface area contributed by atoms with Crippen molar-refractivity contribution in [1.29, 1.82) is 0 Å². The smallest absolute Gasteiger partial charge is 0.122 e. The summed E-state index contributed by atoms with van der Waals surface area (Å²) in [4.78, 5) is 0. The van der Waals surface area contributed by atoms with Crippen molar-refractivity contribution in [3.05, 3.63) is 41.0 Å². The molecular weight excluding hydrogens is 234 g/mol. The van der Waals surface area contributed by atoms with Gasteiger partial charge < -0.3 is 10.1 Å². The van der Waals surface area contributed by atoms with Crippen molar-refractivity contribution in [2.24, 2.45) is 0 Å². The first-order valence-corrected chi connectivity index (χ1v) is 7.56. The Bertz CT molecular complexity index is 478. The van der Waals surface area contributed by atoms with E-state index in [1.807, 2.05) is 0 Å². The highest BCUT2D eigenvalue weighted by atomic mass is 16.5. The fourth-order valence-corrected chi connectivity index (χ4v) is 3.18. The van der Waals surface area contributed by atoms with E-state index < -0.39 is 0 Å². The SMILES string of the molecule is CCNC(C1=CCCCC1)c1ccc2c(c1)CCO2. The van der Waals surface area contributed by atoms with E-state index >= 15 is 0 Å². The summed E-state index contributed by atoms with van der Waals surface area (Å²) in [6.07, 6.45) is 8.67. The molecule has 0 saturated carbocycles. The third kappa shape index (κ3) is 2.69. The van der Waals surface area contributed by atoms with Gasteiger partial charge in [-0.2, -0.15) is 0 Å². The zero-order valence-corrected chi connectivity index (χ0v) is 11.7. The molecule has 1 heterocycles. The van der Waals surface area contributed by atoms with Crippen LogP contribution in [0.1, 0.15) is 49.8 Å². The number of nitrogens with one attached hydrogen (secondary N) is 1. The molecular formula is C17H23NO. The van der Waals surface area contributed by atoms with Crippen LogP contribution in [-0.4, -0.2) is 13.2 Å². The molecule has 1 aliphatic heterocycles. The summed E-state index contributed by atoms with van der Waals surface area (Å²) in [5.74, 6) is 1.08. The van der Waals surface area contributed by atoms with E-state index in [2.05, 4.69) is 36.5 Å². The summed E-state index contributed by atoms with van der Waals surface area (Å²) in [7, 11) is 0. The average Bonchev–Trinajstić information content (AvgIpc) is 2.93. The molecule has 2 nitrogen and oxygen atoms in total. The zero-order valence-electron chi connectivity index (χ0n) is 11.7. The number of hydrogen-bond donors (Lipinski definition) is 1. The first-order valence-electron chi connectivity index (χ1n) is 7.56. The molecule has 1 atom stereocenters. The van der Waals surface area contributed by atoms with Crippen LogP contribution in [0.25, 0.3) is 0 Å². The minimum Gasteiger partial charge on any atom is -0.493 e. The Labute approximate surface area is 115 Å². The van der Waals surface area contributed by atoms with Crippen molar-refractivity contribution in [3.8, 4) is 5.75 Å². The van der Waals surface area contributed by atoms with Gasteiger partial charge in [0.05, 0.1) is 12.6 Å². The standard InChI is InChI=1S/C17H23NO/c1-2-18-17(13-6-4-3-5-7-13)15-8-9-16-14(12-15)10-11-19-16/h6,8-9,12,17-18H,2-5,7,10-11H2,1H3. The van der Waals surface area contributed by atoms with E-state index in [-0.39, 0.29) is 0 Å². The average molecular weight is 257 g/mol. The number of benzene rings is 1. The van der Waals surface area contributed by atoms with Crippen LogP contribution in [0.15, 0.2) is 29.8 Å². The predicted molar refractivity (Wildman–Crippen MR) is 78.6 cm³/mol. The van der Waals surface area contributed by atoms with Gasteiger partial charge in [-0.05, 0) is 49.4 Å². The molecule has 1 aliphatic carbocycles. The summed E-state index contributed by atoms with van der Waals surface area (Å²) >= 11 is 0. The summed E-state index contributed by atoms with van der Waals surface area (Å²) in [6.45, 7) is 4.04. The Kier molecular flexibility index (Phi) is 3.88. The second-order valence-corrected chi connectivity index (χ2v) is 5.48. The van der Waals surface area contributed by atoms with Gasteiger partial charge in [0.1, 0.15) is 5.75 Å². The summed E-state index contributed by atoms with van der Waals surface area (Å²) < 4.78 is 5.60. The maximum absolute atomic E-state index is 5.60. The monoisotopic (exact) mass is 257 g/mol. The minimum absolute atomic E-state index is 0.399. The topological polar surface area (TPSA) is 21.3 Å². The van der Waals surface area contributed by atoms with Crippen LogP contribution in [0.3, 0.4) is 0 Å². The van der Waals surface area contributed by atoms with Gasteiger partial charge in [0.15, 0.2) is 0 Å². The van der Waals surface area contributed by atoms with E-state index in [4.69, 9.17) is 4.74 Å². The molecule has 0 fully saturated rings. The lowest BCUT2D eigenvalue weighted by Crippen LogP contribution is -2.23. The van der Waals surface area contributed by atoms with Crippen molar-refractivity contribution < 1.29 is 4.74 Å². The van der Waals surface area contributed by atoms with Crippen molar-refractivity contribution in [1.82, 2.24) is 5.32 Å². The first-order chi connectivity index (χ1) is 9.38. The molecule has 0 amide bonds. The Morgan fingerprint density at radius 2 is 2.21 bits per heavy atom. The molecule has 2 heteroatoms. The molecule has 0 radical (unpaired) electrons. The molecule has 3 rings (SSSR count). The fraction of sp³-hybridized carbons (Fsp3) is 0.529. The quantitative estimate of drug-likeness (QED) is 0.829. The molecule has 0 aromatic heterocycles. The molecule has 0 saturated heterocycles. The number of ether oxygens (including phenoxy) is 1. The second-order valence-electron chi connectivity index (χ2n) is 5.48. The maximum atomic E-state index is 5.60. The molecule has 1 unspecified atom stereocenters. The van der Waals surface area contributed by atoms with Gasteiger partial charge in [0, 0.05) is 6.42 Å². The van der Waals surface area contributed by atoms with E-state index in [1.54, 1.807) is 5.57 Å². The predicted octanol–water partition coefficient (Wildman–Crippen LogP) is 3.77. The largest absolute Gasteiger partial charge is 0.493 e. The fourth-order valence-electron chi connectivity index (χ4n) is 3.18. The lowest BCUT2D eigenvalue weighted by Gasteiger charge is -2.25. The Morgan fingerprint density at radius 3 is 3.00 bits per heavy atom. The van der Waals surface area contributed by atoms with Crippen LogP contribution in [0.5, 0.6) is 5.75 Å². The highest BCUT2D eigenvalue weighted by Gasteiger charge is 2.20. The van der Waals surface area contributed by atoms with Gasteiger partial charge >= 0.3 is 0 Å². The Balaban J connectivity index is 1.89. The number of fused-ring (bicyclic) bond motifs is 1. The molecule has 1 aromatic carbocycles. The van der Waals surface area contributed by atoms with Gasteiger partial charge in [0.25, 0.3) is 0 Å². The van der Waals surface area contributed by atoms with Crippen molar-refractivity contribution in [3.63, 3.8) is 0 Å². The van der Waals surface area contributed by atoms with Crippen LogP contribution in [0.2, 0.25) is 0 Å². The molecule has 19 heavy (non-hydrogen) atoms. The van der Waals surface area contributed by atoms with Gasteiger partial charge in [-0.25, -0.2) is 0 Å². The minimum atomic E-state index is 0.399. The Morgan fingerprint density at radius 1 is 1.26 bits per heavy atom. The number of allylic oxidation sites excluding steroid dienone is 1. The first kappa shape index (κ1) is 12.7.